The van der Waals surface area contributed by atoms with Crippen molar-refractivity contribution in [2.24, 2.45) is 0 Å². The summed E-state index contributed by atoms with van der Waals surface area (Å²) < 4.78 is 6.62. The Balaban J connectivity index is 2.20. The molecule has 0 aliphatic heterocycles. The van der Waals surface area contributed by atoms with Gasteiger partial charge in [-0.15, -0.1) is 0 Å². The second kappa shape index (κ2) is 8.61. The van der Waals surface area contributed by atoms with Crippen molar-refractivity contribution in [1.82, 2.24) is 0 Å². The standard InChI is InChI=1S/C22H22OS2/c24-17-21(25)16-23-22(18-10-4-1-5-11-18,19-12-6-2-7-13-19)20-14-8-3-9-15-20/h1-15,21,24-25H,16-17H2. The molecule has 0 saturated heterocycles. The molecule has 3 aromatic carbocycles. The van der Waals surface area contributed by atoms with Crippen LogP contribution in [-0.2, 0) is 10.3 Å². The maximum Gasteiger partial charge on any atom is 0.143 e. The molecule has 3 rings (SSSR count). The van der Waals surface area contributed by atoms with E-state index in [4.69, 9.17) is 4.74 Å². The monoisotopic (exact) mass is 366 g/mol. The topological polar surface area (TPSA) is 9.23 Å². The molecule has 0 amide bonds. The highest BCUT2D eigenvalue weighted by atomic mass is 32.1. The van der Waals surface area contributed by atoms with E-state index in [1.54, 1.807) is 0 Å². The van der Waals surface area contributed by atoms with E-state index in [-0.39, 0.29) is 5.25 Å². The third-order valence-electron chi connectivity index (χ3n) is 4.24. The molecule has 3 aromatic rings. The number of benzene rings is 3. The summed E-state index contributed by atoms with van der Waals surface area (Å²) in [5.41, 5.74) is 2.64. The summed E-state index contributed by atoms with van der Waals surface area (Å²) >= 11 is 8.93. The predicted molar refractivity (Wildman–Crippen MR) is 112 cm³/mol. The van der Waals surface area contributed by atoms with Crippen LogP contribution in [0.1, 0.15) is 16.7 Å². The Hall–Kier alpha value is -1.68. The summed E-state index contributed by atoms with van der Waals surface area (Å²) in [7, 11) is 0. The lowest BCUT2D eigenvalue weighted by molar-refractivity contribution is 0.0160. The van der Waals surface area contributed by atoms with Gasteiger partial charge in [0.25, 0.3) is 0 Å². The minimum absolute atomic E-state index is 0.0684. The molecule has 1 nitrogen and oxygen atoms in total. The molecule has 0 aliphatic rings. The molecule has 0 fully saturated rings. The number of thiol groups is 2. The highest BCUT2D eigenvalue weighted by Gasteiger charge is 2.37. The van der Waals surface area contributed by atoms with Crippen molar-refractivity contribution in [3.8, 4) is 0 Å². The minimum atomic E-state index is -0.673. The van der Waals surface area contributed by atoms with Gasteiger partial charge in [0, 0.05) is 11.0 Å². The molecule has 3 heteroatoms. The van der Waals surface area contributed by atoms with Crippen molar-refractivity contribution in [3.63, 3.8) is 0 Å². The van der Waals surface area contributed by atoms with Crippen molar-refractivity contribution in [2.75, 3.05) is 12.4 Å². The van der Waals surface area contributed by atoms with Crippen LogP contribution >= 0.6 is 25.3 Å². The first-order valence-electron chi connectivity index (χ1n) is 8.37. The number of rotatable bonds is 7. The van der Waals surface area contributed by atoms with E-state index < -0.39 is 5.60 Å². The molecule has 0 aromatic heterocycles. The lowest BCUT2D eigenvalue weighted by Crippen LogP contribution is -2.35. The van der Waals surface area contributed by atoms with Gasteiger partial charge in [-0.25, -0.2) is 0 Å². The molecule has 0 spiro atoms. The van der Waals surface area contributed by atoms with E-state index >= 15 is 0 Å². The van der Waals surface area contributed by atoms with Crippen molar-refractivity contribution in [1.29, 1.82) is 0 Å². The van der Waals surface area contributed by atoms with Crippen LogP contribution in [0.15, 0.2) is 91.0 Å². The first-order chi connectivity index (χ1) is 12.3. The van der Waals surface area contributed by atoms with Crippen LogP contribution in [-0.4, -0.2) is 17.6 Å². The largest absolute Gasteiger partial charge is 0.360 e. The molecular formula is C22H22OS2. The van der Waals surface area contributed by atoms with Crippen molar-refractivity contribution in [2.45, 2.75) is 10.9 Å². The Morgan fingerprint density at radius 2 is 1.04 bits per heavy atom. The van der Waals surface area contributed by atoms with Crippen molar-refractivity contribution < 1.29 is 4.74 Å². The van der Waals surface area contributed by atoms with E-state index in [0.29, 0.717) is 12.4 Å². The summed E-state index contributed by atoms with van der Waals surface area (Å²) in [4.78, 5) is 0. The van der Waals surface area contributed by atoms with Crippen molar-refractivity contribution in [3.05, 3.63) is 108 Å². The number of ether oxygens (including phenoxy) is 1. The van der Waals surface area contributed by atoms with Crippen LogP contribution in [0.25, 0.3) is 0 Å². The molecule has 1 unspecified atom stereocenters. The summed E-state index contributed by atoms with van der Waals surface area (Å²) in [5, 5.41) is 0.0684. The molecule has 0 aliphatic carbocycles. The summed E-state index contributed by atoms with van der Waals surface area (Å²) in [6, 6.07) is 31.1. The van der Waals surface area contributed by atoms with E-state index in [1.165, 1.54) is 0 Å². The van der Waals surface area contributed by atoms with Crippen LogP contribution < -0.4 is 0 Å². The average Bonchev–Trinajstić information content (AvgIpc) is 2.71. The smallest absolute Gasteiger partial charge is 0.143 e. The Bertz CT molecular complexity index is 663. The number of hydrogen-bond donors (Lipinski definition) is 2. The summed E-state index contributed by atoms with van der Waals surface area (Å²) in [6.07, 6.45) is 0. The fourth-order valence-electron chi connectivity index (χ4n) is 3.04. The SMILES string of the molecule is SCC(S)COC(c1ccccc1)(c1ccccc1)c1ccccc1. The minimum Gasteiger partial charge on any atom is -0.360 e. The highest BCUT2D eigenvalue weighted by Crippen LogP contribution is 2.40. The molecule has 1 atom stereocenters. The predicted octanol–water partition coefficient (Wildman–Crippen LogP) is 5.22. The zero-order chi connectivity index (χ0) is 17.5. The van der Waals surface area contributed by atoms with Gasteiger partial charge < -0.3 is 4.74 Å². The summed E-state index contributed by atoms with van der Waals surface area (Å²) in [6.45, 7) is 0.505. The quantitative estimate of drug-likeness (QED) is 0.430. The first-order valence-corrected chi connectivity index (χ1v) is 9.51. The first kappa shape index (κ1) is 18.1. The fraction of sp³-hybridized carbons (Fsp3) is 0.182. The van der Waals surface area contributed by atoms with Crippen molar-refractivity contribution >= 4 is 25.3 Å². The molecular weight excluding hydrogens is 344 g/mol. The van der Waals surface area contributed by atoms with Crippen LogP contribution in [0.4, 0.5) is 0 Å². The van der Waals surface area contributed by atoms with Crippen LogP contribution in [0, 0.1) is 0 Å². The second-order valence-electron chi connectivity index (χ2n) is 5.93. The van der Waals surface area contributed by atoms with E-state index in [1.807, 2.05) is 18.2 Å². The van der Waals surface area contributed by atoms with Gasteiger partial charge in [0.2, 0.25) is 0 Å². The Labute approximate surface area is 160 Å². The van der Waals surface area contributed by atoms with Crippen LogP contribution in [0.5, 0.6) is 0 Å². The Morgan fingerprint density at radius 1 is 0.680 bits per heavy atom. The van der Waals surface area contributed by atoms with Gasteiger partial charge >= 0.3 is 0 Å². The number of hydrogen-bond acceptors (Lipinski definition) is 3. The normalized spacial score (nSPS) is 12.7. The van der Waals surface area contributed by atoms with Gasteiger partial charge in [-0.1, -0.05) is 91.0 Å². The Morgan fingerprint density at radius 3 is 1.36 bits per heavy atom. The zero-order valence-corrected chi connectivity index (χ0v) is 15.7. The fourth-order valence-corrected chi connectivity index (χ4v) is 3.22. The van der Waals surface area contributed by atoms with Crippen LogP contribution in [0.3, 0.4) is 0 Å². The second-order valence-corrected chi connectivity index (χ2v) is 7.02. The van der Waals surface area contributed by atoms with Gasteiger partial charge in [0.05, 0.1) is 6.61 Å². The Kier molecular flexibility index (Phi) is 6.24. The third kappa shape index (κ3) is 3.95. The molecule has 0 saturated carbocycles. The van der Waals surface area contributed by atoms with Gasteiger partial charge in [-0.05, 0) is 16.7 Å². The average molecular weight is 367 g/mol. The lowest BCUT2D eigenvalue weighted by atomic mass is 9.80. The molecule has 128 valence electrons. The third-order valence-corrected chi connectivity index (χ3v) is 5.30. The molecule has 0 heterocycles. The van der Waals surface area contributed by atoms with Gasteiger partial charge in [0.15, 0.2) is 0 Å². The van der Waals surface area contributed by atoms with Gasteiger partial charge in [-0.3, -0.25) is 0 Å². The summed E-state index contributed by atoms with van der Waals surface area (Å²) in [5.74, 6) is 0.664. The van der Waals surface area contributed by atoms with Gasteiger partial charge in [0.1, 0.15) is 5.60 Å². The maximum atomic E-state index is 6.62. The molecule has 0 N–H and O–H groups in total. The highest BCUT2D eigenvalue weighted by molar-refractivity contribution is 7.84. The maximum absolute atomic E-state index is 6.62. The van der Waals surface area contributed by atoms with E-state index in [0.717, 1.165) is 16.7 Å². The van der Waals surface area contributed by atoms with Gasteiger partial charge in [-0.2, -0.15) is 25.3 Å². The molecule has 25 heavy (non-hydrogen) atoms. The van der Waals surface area contributed by atoms with E-state index in [9.17, 15) is 0 Å². The van der Waals surface area contributed by atoms with Crippen LogP contribution in [0.2, 0.25) is 0 Å². The lowest BCUT2D eigenvalue weighted by Gasteiger charge is -2.36. The molecule has 0 radical (unpaired) electrons. The zero-order valence-electron chi connectivity index (χ0n) is 14.0. The van der Waals surface area contributed by atoms with E-state index in [2.05, 4.69) is 98.1 Å². The molecule has 0 bridgehead atoms.